The van der Waals surface area contributed by atoms with Crippen molar-refractivity contribution in [3.8, 4) is 50.2 Å². The van der Waals surface area contributed by atoms with Crippen molar-refractivity contribution in [2.24, 2.45) is 0 Å². The first-order valence-corrected chi connectivity index (χ1v) is 28.2. The minimum atomic E-state index is -0.628. The predicted octanol–water partition coefficient (Wildman–Crippen LogP) is 20.0. The van der Waals surface area contributed by atoms with Crippen LogP contribution in [-0.4, -0.2) is 4.57 Å². The third-order valence-corrected chi connectivity index (χ3v) is 19.0. The molecule has 3 heterocycles. The lowest BCUT2D eigenvalue weighted by Gasteiger charge is -2.39. The number of benzene rings is 13. The van der Waals surface area contributed by atoms with Gasteiger partial charge < -0.3 is 13.9 Å². The summed E-state index contributed by atoms with van der Waals surface area (Å²) in [5.41, 5.74) is 28.1. The van der Waals surface area contributed by atoms with E-state index in [2.05, 4.69) is 282 Å². The fraction of sp³-hybridized carbons (Fsp3) is 0.0256. The van der Waals surface area contributed by atoms with E-state index in [0.29, 0.717) is 0 Å². The highest BCUT2D eigenvalue weighted by Crippen LogP contribution is 2.67. The first-order valence-electron chi connectivity index (χ1n) is 28.2. The molecule has 0 N–H and O–H groups in total. The van der Waals surface area contributed by atoms with Crippen LogP contribution < -0.4 is 4.90 Å². The Bertz CT molecular complexity index is 5220. The Balaban J connectivity index is 0.921. The van der Waals surface area contributed by atoms with Crippen LogP contribution in [0.5, 0.6) is 0 Å². The Morgan fingerprint density at radius 3 is 1.57 bits per heavy atom. The zero-order chi connectivity index (χ0) is 52.7. The van der Waals surface area contributed by atoms with Crippen LogP contribution >= 0.6 is 0 Å². The predicted molar refractivity (Wildman–Crippen MR) is 333 cm³/mol. The van der Waals surface area contributed by atoms with Crippen molar-refractivity contribution in [3.05, 3.63) is 324 Å². The van der Waals surface area contributed by atoms with E-state index in [1.54, 1.807) is 0 Å². The Morgan fingerprint density at radius 1 is 0.296 bits per heavy atom. The van der Waals surface area contributed by atoms with Gasteiger partial charge in [0.2, 0.25) is 0 Å². The average Bonchev–Trinajstić information content (AvgIpc) is 4.41. The number of aromatic nitrogens is 1. The lowest BCUT2D eigenvalue weighted by atomic mass is 9.65. The molecule has 1 unspecified atom stereocenters. The molecule has 2 aromatic heterocycles. The van der Waals surface area contributed by atoms with Crippen molar-refractivity contribution in [2.75, 3.05) is 4.90 Å². The summed E-state index contributed by atoms with van der Waals surface area (Å²) in [7, 11) is 0. The van der Waals surface area contributed by atoms with Crippen LogP contribution in [0, 0.1) is 0 Å². The monoisotopic (exact) mass is 1030 g/mol. The SMILES string of the molecule is c1ccc2c(c1)-c1ccccc1C21c2ccccc2-c2c1cc(N(c1ccc(-c3ccc4oc5ccccc5c4c3)cc1)c1cccc3c1-c1ccccc1C31c3ccccc3-n3c4ccccc4c4cccc1c43)c1ccccc21. The van der Waals surface area contributed by atoms with Crippen molar-refractivity contribution in [3.63, 3.8) is 0 Å². The van der Waals surface area contributed by atoms with Gasteiger partial charge in [-0.3, -0.25) is 0 Å². The lowest BCUT2D eigenvalue weighted by Crippen LogP contribution is -2.33. The van der Waals surface area contributed by atoms with Crippen LogP contribution in [0.25, 0.3) is 105 Å². The van der Waals surface area contributed by atoms with Crippen LogP contribution in [0.15, 0.2) is 283 Å². The van der Waals surface area contributed by atoms with E-state index in [-0.39, 0.29) is 0 Å². The molecule has 1 atom stereocenters. The molecule has 0 saturated heterocycles. The average molecular weight is 1030 g/mol. The molecule has 1 aliphatic heterocycles. The third-order valence-electron chi connectivity index (χ3n) is 19.0. The van der Waals surface area contributed by atoms with Gasteiger partial charge in [0, 0.05) is 38.2 Å². The normalized spacial score (nSPS) is 15.3. The maximum atomic E-state index is 6.31. The van der Waals surface area contributed by atoms with Gasteiger partial charge in [-0.2, -0.15) is 0 Å². The molecular formula is C78H46N2O. The number of hydrogen-bond donors (Lipinski definition) is 0. The van der Waals surface area contributed by atoms with Crippen molar-refractivity contribution in [1.82, 2.24) is 4.57 Å². The number of nitrogens with zero attached hydrogens (tertiary/aromatic N) is 2. The summed E-state index contributed by atoms with van der Waals surface area (Å²) in [6, 6.07) is 105. The summed E-state index contributed by atoms with van der Waals surface area (Å²) in [6.07, 6.45) is 0. The highest BCUT2D eigenvalue weighted by molar-refractivity contribution is 6.16. The van der Waals surface area contributed by atoms with Gasteiger partial charge in [0.25, 0.3) is 0 Å². The van der Waals surface area contributed by atoms with Crippen LogP contribution in [0.1, 0.15) is 44.5 Å². The highest BCUT2D eigenvalue weighted by atomic mass is 16.3. The number of rotatable bonds is 4. The van der Waals surface area contributed by atoms with Gasteiger partial charge in [0.05, 0.1) is 38.9 Å². The van der Waals surface area contributed by atoms with Gasteiger partial charge in [-0.1, -0.05) is 224 Å². The van der Waals surface area contributed by atoms with Gasteiger partial charge in [0.1, 0.15) is 11.2 Å². The summed E-state index contributed by atoms with van der Waals surface area (Å²) < 4.78 is 8.85. The van der Waals surface area contributed by atoms with E-state index >= 15 is 0 Å². The first kappa shape index (κ1) is 43.5. The van der Waals surface area contributed by atoms with Crippen molar-refractivity contribution in [1.29, 1.82) is 0 Å². The standard InChI is InChI=1S/C78H46N2O/c1-2-24-55-52(21-1)71(46-67-74(55)57-25-5-11-30-62(57)77(67)60-28-9-3-19-50(60)51-20-4-10-29-61(51)77)79(49-42-39-47(40-43-49)48-41-44-73-59(45-48)54-23-8-16-38-72(54)81-73)70-37-18-33-65-75(70)58-26-6-12-31-63(58)78(65)64-32-13-15-36-69(64)80-68-35-14-7-22-53(68)56-27-17-34-66(78)76(56)80/h1-46H. The molecule has 0 saturated carbocycles. The second kappa shape index (κ2) is 15.6. The molecular weight excluding hydrogens is 981 g/mol. The van der Waals surface area contributed by atoms with Crippen LogP contribution in [-0.2, 0) is 10.8 Å². The molecule has 2 spiro atoms. The molecule has 374 valence electrons. The van der Waals surface area contributed by atoms with Gasteiger partial charge in [-0.15, -0.1) is 0 Å². The molecule has 0 radical (unpaired) electrons. The smallest absolute Gasteiger partial charge is 0.135 e. The number of anilines is 3. The molecule has 19 rings (SSSR count). The van der Waals surface area contributed by atoms with E-state index in [0.717, 1.165) is 50.1 Å². The fourth-order valence-electron chi connectivity index (χ4n) is 16.0. The molecule has 15 aromatic rings. The van der Waals surface area contributed by atoms with Crippen LogP contribution in [0.4, 0.5) is 17.1 Å². The van der Waals surface area contributed by atoms with E-state index in [1.165, 1.54) is 116 Å². The minimum Gasteiger partial charge on any atom is -0.456 e. The summed E-state index contributed by atoms with van der Waals surface area (Å²) in [5, 5.41) is 7.22. The third kappa shape index (κ3) is 5.30. The van der Waals surface area contributed by atoms with Crippen LogP contribution in [0.3, 0.4) is 0 Å². The highest BCUT2D eigenvalue weighted by Gasteiger charge is 2.54. The first-order chi connectivity index (χ1) is 40.2. The molecule has 0 bridgehead atoms. The number of fused-ring (bicyclic) bond motifs is 27. The molecule has 3 aliphatic carbocycles. The van der Waals surface area contributed by atoms with Crippen molar-refractivity contribution in [2.45, 2.75) is 10.8 Å². The Morgan fingerprint density at radius 2 is 0.815 bits per heavy atom. The van der Waals surface area contributed by atoms with E-state index in [9.17, 15) is 0 Å². The molecule has 81 heavy (non-hydrogen) atoms. The second-order valence-corrected chi connectivity index (χ2v) is 22.5. The molecule has 3 heteroatoms. The lowest BCUT2D eigenvalue weighted by molar-refractivity contribution is 0.669. The van der Waals surface area contributed by atoms with Gasteiger partial charge in [0.15, 0.2) is 0 Å². The number of para-hydroxylation sites is 4. The number of furan rings is 1. The van der Waals surface area contributed by atoms with Gasteiger partial charge >= 0.3 is 0 Å². The zero-order valence-corrected chi connectivity index (χ0v) is 43.9. The molecule has 4 aliphatic rings. The summed E-state index contributed by atoms with van der Waals surface area (Å²) in [5.74, 6) is 0. The molecule has 13 aromatic carbocycles. The second-order valence-electron chi connectivity index (χ2n) is 22.5. The largest absolute Gasteiger partial charge is 0.456 e. The quantitative estimate of drug-likeness (QED) is 0.175. The summed E-state index contributed by atoms with van der Waals surface area (Å²) in [6.45, 7) is 0. The maximum absolute atomic E-state index is 6.31. The van der Waals surface area contributed by atoms with E-state index in [1.807, 2.05) is 6.07 Å². The van der Waals surface area contributed by atoms with Crippen LogP contribution in [0.2, 0.25) is 0 Å². The van der Waals surface area contributed by atoms with Crippen molar-refractivity contribution < 1.29 is 4.42 Å². The minimum absolute atomic E-state index is 0.554. The molecule has 0 amide bonds. The summed E-state index contributed by atoms with van der Waals surface area (Å²) in [4.78, 5) is 2.61. The van der Waals surface area contributed by atoms with E-state index < -0.39 is 10.8 Å². The number of hydrogen-bond acceptors (Lipinski definition) is 2. The summed E-state index contributed by atoms with van der Waals surface area (Å²) >= 11 is 0. The van der Waals surface area contributed by atoms with Crippen molar-refractivity contribution >= 4 is 71.6 Å². The Labute approximate surface area is 467 Å². The maximum Gasteiger partial charge on any atom is 0.135 e. The van der Waals surface area contributed by atoms with Gasteiger partial charge in [-0.05, 0) is 143 Å². The Hall–Kier alpha value is -10.5. The van der Waals surface area contributed by atoms with Gasteiger partial charge in [-0.25, -0.2) is 0 Å². The Kier molecular flexibility index (Phi) is 8.39. The molecule has 0 fully saturated rings. The van der Waals surface area contributed by atoms with E-state index in [4.69, 9.17) is 4.42 Å². The molecule has 3 nitrogen and oxygen atoms in total. The zero-order valence-electron chi connectivity index (χ0n) is 43.9. The fourth-order valence-corrected chi connectivity index (χ4v) is 16.0. The topological polar surface area (TPSA) is 21.3 Å².